The van der Waals surface area contributed by atoms with Gasteiger partial charge in [-0.2, -0.15) is 13.2 Å². The van der Waals surface area contributed by atoms with Gasteiger partial charge < -0.3 is 0 Å². The molecule has 0 nitrogen and oxygen atoms in total. The molecule has 0 spiro atoms. The van der Waals surface area contributed by atoms with Crippen molar-refractivity contribution in [2.24, 2.45) is 17.8 Å². The molecule has 4 heteroatoms. The molecule has 0 aliphatic heterocycles. The van der Waals surface area contributed by atoms with Crippen LogP contribution in [0.5, 0.6) is 0 Å². The van der Waals surface area contributed by atoms with E-state index in [0.717, 1.165) is 35.4 Å². The molecule has 2 atom stereocenters. The summed E-state index contributed by atoms with van der Waals surface area (Å²) in [5, 5.41) is 0. The first-order chi connectivity index (χ1) is 14.8. The Labute approximate surface area is 183 Å². The Morgan fingerprint density at radius 1 is 0.806 bits per heavy atom. The van der Waals surface area contributed by atoms with Crippen LogP contribution in [0.1, 0.15) is 81.8 Å². The summed E-state index contributed by atoms with van der Waals surface area (Å²) in [6.07, 6.45) is 7.34. The predicted molar refractivity (Wildman–Crippen MR) is 117 cm³/mol. The molecule has 0 aromatic heterocycles. The number of alkyl halides is 3. The van der Waals surface area contributed by atoms with Crippen LogP contribution >= 0.6 is 0 Å². The second kappa shape index (κ2) is 9.34. The molecule has 2 saturated carbocycles. The molecule has 2 fully saturated rings. The topological polar surface area (TPSA) is 0 Å². The Kier molecular flexibility index (Phi) is 6.74. The van der Waals surface area contributed by atoms with E-state index in [1.807, 2.05) is 12.1 Å². The van der Waals surface area contributed by atoms with Crippen molar-refractivity contribution in [3.63, 3.8) is 0 Å². The lowest BCUT2D eigenvalue weighted by molar-refractivity contribution is -0.139. The molecule has 168 valence electrons. The van der Waals surface area contributed by atoms with Crippen molar-refractivity contribution in [2.75, 3.05) is 0 Å². The van der Waals surface area contributed by atoms with Crippen LogP contribution < -0.4 is 0 Å². The zero-order valence-corrected chi connectivity index (χ0v) is 18.2. The second-order valence-corrected chi connectivity index (χ2v) is 9.65. The Morgan fingerprint density at radius 3 is 2.06 bits per heavy atom. The summed E-state index contributed by atoms with van der Waals surface area (Å²) in [6.45, 7) is 2.29. The first-order valence-electron chi connectivity index (χ1n) is 11.8. The molecule has 2 unspecified atom stereocenters. The minimum absolute atomic E-state index is 0.476. The SMILES string of the molecule is CCCC1CCC(C2CCC(c3ccc(-c4ccc(C(F)(F)F)c(F)c4)cc3)CC2)C1. The Hall–Kier alpha value is -1.84. The number of hydrogen-bond acceptors (Lipinski definition) is 0. The van der Waals surface area contributed by atoms with E-state index in [-0.39, 0.29) is 0 Å². The lowest BCUT2D eigenvalue weighted by Crippen LogP contribution is -2.19. The van der Waals surface area contributed by atoms with Crippen molar-refractivity contribution in [3.05, 3.63) is 59.4 Å². The summed E-state index contributed by atoms with van der Waals surface area (Å²) >= 11 is 0. The number of hydrogen-bond donors (Lipinski definition) is 0. The molecule has 0 bridgehead atoms. The van der Waals surface area contributed by atoms with Gasteiger partial charge in [0, 0.05) is 0 Å². The number of halogens is 4. The first kappa shape index (κ1) is 22.4. The van der Waals surface area contributed by atoms with Gasteiger partial charge >= 0.3 is 6.18 Å². The molecule has 2 aliphatic rings. The molecule has 2 aromatic carbocycles. The Morgan fingerprint density at radius 2 is 1.45 bits per heavy atom. The third-order valence-corrected chi connectivity index (χ3v) is 7.71. The van der Waals surface area contributed by atoms with Crippen molar-refractivity contribution in [1.82, 2.24) is 0 Å². The van der Waals surface area contributed by atoms with Crippen LogP contribution in [0, 0.1) is 23.6 Å². The minimum atomic E-state index is -4.67. The summed E-state index contributed by atoms with van der Waals surface area (Å²) in [6, 6.07) is 11.1. The van der Waals surface area contributed by atoms with E-state index in [9.17, 15) is 17.6 Å². The molecule has 0 N–H and O–H groups in total. The molecule has 31 heavy (non-hydrogen) atoms. The highest BCUT2D eigenvalue weighted by atomic mass is 19.4. The van der Waals surface area contributed by atoms with Gasteiger partial charge in [0.25, 0.3) is 0 Å². The number of benzene rings is 2. The summed E-state index contributed by atoms with van der Waals surface area (Å²) < 4.78 is 52.3. The third-order valence-electron chi connectivity index (χ3n) is 7.71. The minimum Gasteiger partial charge on any atom is -0.206 e. The van der Waals surface area contributed by atoms with Crippen molar-refractivity contribution in [1.29, 1.82) is 0 Å². The average Bonchev–Trinajstić information content (AvgIpc) is 3.22. The highest BCUT2D eigenvalue weighted by molar-refractivity contribution is 5.64. The maximum atomic E-state index is 13.9. The van der Waals surface area contributed by atoms with Gasteiger partial charge in [-0.1, -0.05) is 56.5 Å². The van der Waals surface area contributed by atoms with Crippen LogP contribution in [0.15, 0.2) is 42.5 Å². The monoisotopic (exact) mass is 432 g/mol. The van der Waals surface area contributed by atoms with Gasteiger partial charge in [0.05, 0.1) is 5.56 Å². The van der Waals surface area contributed by atoms with Gasteiger partial charge in [-0.05, 0) is 91.0 Å². The molecule has 0 amide bonds. The Balaban J connectivity index is 1.36. The van der Waals surface area contributed by atoms with Gasteiger partial charge in [-0.3, -0.25) is 0 Å². The quantitative estimate of drug-likeness (QED) is 0.414. The molecule has 2 aliphatic carbocycles. The second-order valence-electron chi connectivity index (χ2n) is 9.65. The standard InChI is InChI=1S/C27H32F4/c1-2-3-18-4-5-23(16-18)21-10-6-19(7-11-21)20-8-12-22(13-9-20)24-14-15-25(26(28)17-24)27(29,30)31/h8-9,12-15,17-19,21,23H,2-7,10-11,16H2,1H3. The third kappa shape index (κ3) is 5.15. The molecular formula is C27H32F4. The van der Waals surface area contributed by atoms with E-state index in [1.165, 1.54) is 69.4 Å². The predicted octanol–water partition coefficient (Wildman–Crippen LogP) is 9.00. The first-order valence-corrected chi connectivity index (χ1v) is 11.8. The molecular weight excluding hydrogens is 400 g/mol. The van der Waals surface area contributed by atoms with E-state index >= 15 is 0 Å². The fraction of sp³-hybridized carbons (Fsp3) is 0.556. The van der Waals surface area contributed by atoms with Gasteiger partial charge in [0.1, 0.15) is 5.82 Å². The van der Waals surface area contributed by atoms with Crippen LogP contribution in [-0.4, -0.2) is 0 Å². The van der Waals surface area contributed by atoms with Gasteiger partial charge in [-0.25, -0.2) is 4.39 Å². The van der Waals surface area contributed by atoms with E-state index in [4.69, 9.17) is 0 Å². The fourth-order valence-electron chi connectivity index (χ4n) is 6.01. The van der Waals surface area contributed by atoms with Gasteiger partial charge in [0.15, 0.2) is 0 Å². The van der Waals surface area contributed by atoms with E-state index in [0.29, 0.717) is 11.5 Å². The molecule has 0 heterocycles. The van der Waals surface area contributed by atoms with E-state index < -0.39 is 17.6 Å². The maximum absolute atomic E-state index is 13.9. The zero-order chi connectivity index (χ0) is 22.0. The van der Waals surface area contributed by atoms with Crippen LogP contribution in [0.2, 0.25) is 0 Å². The summed E-state index contributed by atoms with van der Waals surface area (Å²) in [7, 11) is 0. The molecule has 2 aromatic rings. The van der Waals surface area contributed by atoms with Crippen LogP contribution in [0.4, 0.5) is 17.6 Å². The Bertz CT molecular complexity index is 860. The fourth-order valence-corrected chi connectivity index (χ4v) is 6.01. The highest BCUT2D eigenvalue weighted by Crippen LogP contribution is 2.46. The van der Waals surface area contributed by atoms with Gasteiger partial charge in [-0.15, -0.1) is 0 Å². The van der Waals surface area contributed by atoms with Crippen LogP contribution in [0.3, 0.4) is 0 Å². The summed E-state index contributed by atoms with van der Waals surface area (Å²) in [5.41, 5.74) is 1.30. The van der Waals surface area contributed by atoms with Crippen molar-refractivity contribution >= 4 is 0 Å². The average molecular weight is 433 g/mol. The number of rotatable bonds is 5. The molecule has 0 radical (unpaired) electrons. The van der Waals surface area contributed by atoms with Crippen LogP contribution in [0.25, 0.3) is 11.1 Å². The largest absolute Gasteiger partial charge is 0.419 e. The maximum Gasteiger partial charge on any atom is 0.419 e. The van der Waals surface area contributed by atoms with Gasteiger partial charge in [0.2, 0.25) is 0 Å². The summed E-state index contributed by atoms with van der Waals surface area (Å²) in [5.74, 6) is 2.10. The van der Waals surface area contributed by atoms with Crippen molar-refractivity contribution in [2.45, 2.75) is 76.8 Å². The molecule has 0 saturated heterocycles. The normalized spacial score (nSPS) is 26.9. The van der Waals surface area contributed by atoms with E-state index in [1.54, 1.807) is 0 Å². The van der Waals surface area contributed by atoms with Crippen molar-refractivity contribution < 1.29 is 17.6 Å². The lowest BCUT2D eigenvalue weighted by Gasteiger charge is -2.32. The summed E-state index contributed by atoms with van der Waals surface area (Å²) in [4.78, 5) is 0. The highest BCUT2D eigenvalue weighted by Gasteiger charge is 2.34. The van der Waals surface area contributed by atoms with Crippen molar-refractivity contribution in [3.8, 4) is 11.1 Å². The van der Waals surface area contributed by atoms with Crippen LogP contribution in [-0.2, 0) is 6.18 Å². The smallest absolute Gasteiger partial charge is 0.206 e. The zero-order valence-electron chi connectivity index (χ0n) is 18.2. The molecule has 4 rings (SSSR count). The van der Waals surface area contributed by atoms with E-state index in [2.05, 4.69) is 19.1 Å². The lowest BCUT2D eigenvalue weighted by atomic mass is 9.73.